The van der Waals surface area contributed by atoms with Crippen LogP contribution in [0.1, 0.15) is 30.7 Å². The smallest absolute Gasteiger partial charge is 0.317 e. The molecule has 7 heteroatoms. The third kappa shape index (κ3) is 5.16. The van der Waals surface area contributed by atoms with Crippen molar-refractivity contribution in [2.75, 3.05) is 33.4 Å². The Hall–Kier alpha value is -1.18. The third-order valence-electron chi connectivity index (χ3n) is 4.20. The lowest BCUT2D eigenvalue weighted by atomic mass is 10.2. The Balaban J connectivity index is 1.76. The molecule has 1 aromatic rings. The molecule has 2 atom stereocenters. The summed E-state index contributed by atoms with van der Waals surface area (Å²) in [4.78, 5) is 21.9. The van der Waals surface area contributed by atoms with E-state index in [1.807, 2.05) is 13.2 Å². The number of carbonyl (C=O) groups excluding carboxylic acids is 1. The van der Waals surface area contributed by atoms with Crippen LogP contribution in [0.3, 0.4) is 0 Å². The van der Waals surface area contributed by atoms with Crippen LogP contribution in [0.5, 0.6) is 0 Å². The number of nitrogens with one attached hydrogen (secondary N) is 1. The number of ether oxygens (including phenoxy) is 1. The number of amides is 2. The van der Waals surface area contributed by atoms with Crippen LogP contribution in [0.2, 0.25) is 0 Å². The predicted octanol–water partition coefficient (Wildman–Crippen LogP) is 1.96. The maximum absolute atomic E-state index is 12.2. The van der Waals surface area contributed by atoms with E-state index in [0.29, 0.717) is 25.2 Å². The molecule has 0 aromatic carbocycles. The summed E-state index contributed by atoms with van der Waals surface area (Å²) in [5.74, 6) is 0. The highest BCUT2D eigenvalue weighted by molar-refractivity contribution is 7.11. The molecule has 0 bridgehead atoms. The first-order valence-electron chi connectivity index (χ1n) is 8.27. The molecule has 0 saturated carbocycles. The SMILES string of the molecule is CCc1cnc(CN(C)C(=O)NC[C@@H](C)N2CCOC[C@@H]2C)s1. The van der Waals surface area contributed by atoms with Gasteiger partial charge in [-0.15, -0.1) is 11.3 Å². The molecule has 1 saturated heterocycles. The minimum Gasteiger partial charge on any atom is -0.379 e. The van der Waals surface area contributed by atoms with Gasteiger partial charge in [0.25, 0.3) is 0 Å². The maximum atomic E-state index is 12.2. The second-order valence-corrected chi connectivity index (χ2v) is 7.33. The average molecular weight is 340 g/mol. The number of aryl methyl sites for hydroxylation is 1. The topological polar surface area (TPSA) is 57.7 Å². The van der Waals surface area contributed by atoms with Gasteiger partial charge in [0.15, 0.2) is 0 Å². The van der Waals surface area contributed by atoms with Crippen molar-refractivity contribution in [3.05, 3.63) is 16.1 Å². The fourth-order valence-electron chi connectivity index (χ4n) is 2.74. The molecule has 6 nitrogen and oxygen atoms in total. The largest absolute Gasteiger partial charge is 0.379 e. The van der Waals surface area contributed by atoms with Gasteiger partial charge in [-0.1, -0.05) is 6.92 Å². The zero-order chi connectivity index (χ0) is 16.8. The highest BCUT2D eigenvalue weighted by Crippen LogP contribution is 2.15. The molecule has 0 aliphatic carbocycles. The molecule has 1 aromatic heterocycles. The van der Waals surface area contributed by atoms with Crippen LogP contribution >= 0.6 is 11.3 Å². The van der Waals surface area contributed by atoms with Crippen molar-refractivity contribution >= 4 is 17.4 Å². The second-order valence-electron chi connectivity index (χ2n) is 6.13. The van der Waals surface area contributed by atoms with Gasteiger partial charge in [-0.2, -0.15) is 0 Å². The first-order chi connectivity index (χ1) is 11.0. The van der Waals surface area contributed by atoms with Crippen LogP contribution in [-0.4, -0.2) is 66.2 Å². The molecule has 2 heterocycles. The summed E-state index contributed by atoms with van der Waals surface area (Å²) in [6, 6.07) is 0.653. The number of aromatic nitrogens is 1. The minimum absolute atomic E-state index is 0.0500. The fourth-order valence-corrected chi connectivity index (χ4v) is 3.66. The summed E-state index contributed by atoms with van der Waals surface area (Å²) in [6.07, 6.45) is 2.89. The van der Waals surface area contributed by atoms with Crippen LogP contribution in [0.25, 0.3) is 0 Å². The standard InChI is InChI=1S/C16H28N4O2S/c1-5-14-9-17-15(23-14)10-19(4)16(21)18-8-12(2)20-6-7-22-11-13(20)3/h9,12-13H,5-8,10-11H2,1-4H3,(H,18,21)/t12-,13+/m1/s1. The lowest BCUT2D eigenvalue weighted by Crippen LogP contribution is -2.52. The predicted molar refractivity (Wildman–Crippen MR) is 92.8 cm³/mol. The van der Waals surface area contributed by atoms with Crippen LogP contribution in [0.15, 0.2) is 6.20 Å². The van der Waals surface area contributed by atoms with Crippen molar-refractivity contribution < 1.29 is 9.53 Å². The van der Waals surface area contributed by atoms with E-state index in [2.05, 4.69) is 36.0 Å². The van der Waals surface area contributed by atoms with Gasteiger partial charge < -0.3 is 15.0 Å². The van der Waals surface area contributed by atoms with Gasteiger partial charge in [0.05, 0.1) is 19.8 Å². The van der Waals surface area contributed by atoms with Crippen LogP contribution in [0.4, 0.5) is 4.79 Å². The van der Waals surface area contributed by atoms with Crippen molar-refractivity contribution in [2.45, 2.75) is 45.8 Å². The maximum Gasteiger partial charge on any atom is 0.317 e. The molecule has 1 aliphatic rings. The van der Waals surface area contributed by atoms with E-state index in [0.717, 1.165) is 31.2 Å². The molecule has 130 valence electrons. The molecule has 2 amide bonds. The summed E-state index contributed by atoms with van der Waals surface area (Å²) in [5, 5.41) is 4.00. The number of carbonyl (C=O) groups is 1. The molecule has 1 aliphatic heterocycles. The minimum atomic E-state index is -0.0500. The zero-order valence-corrected chi connectivity index (χ0v) is 15.4. The third-order valence-corrected chi connectivity index (χ3v) is 5.33. The van der Waals surface area contributed by atoms with Crippen LogP contribution in [0, 0.1) is 0 Å². The quantitative estimate of drug-likeness (QED) is 0.860. The normalized spacial score (nSPS) is 20.3. The van der Waals surface area contributed by atoms with Gasteiger partial charge in [-0.3, -0.25) is 4.90 Å². The molecular weight excluding hydrogens is 312 g/mol. The van der Waals surface area contributed by atoms with Gasteiger partial charge in [0, 0.05) is 43.3 Å². The highest BCUT2D eigenvalue weighted by Gasteiger charge is 2.24. The van der Waals surface area contributed by atoms with Crippen LogP contribution in [-0.2, 0) is 17.7 Å². The number of thiazole rings is 1. The molecule has 0 radical (unpaired) electrons. The Bertz CT molecular complexity index is 508. The van der Waals surface area contributed by atoms with Crippen molar-refractivity contribution in [3.8, 4) is 0 Å². The fraction of sp³-hybridized carbons (Fsp3) is 0.750. The van der Waals surface area contributed by atoms with E-state index in [4.69, 9.17) is 4.74 Å². The summed E-state index contributed by atoms with van der Waals surface area (Å²) in [7, 11) is 1.81. The highest BCUT2D eigenvalue weighted by atomic mass is 32.1. The lowest BCUT2D eigenvalue weighted by molar-refractivity contribution is -0.0177. The van der Waals surface area contributed by atoms with E-state index in [-0.39, 0.29) is 6.03 Å². The molecule has 1 N–H and O–H groups in total. The van der Waals surface area contributed by atoms with Crippen molar-refractivity contribution in [2.24, 2.45) is 0 Å². The number of hydrogen-bond acceptors (Lipinski definition) is 5. The second kappa shape index (κ2) is 8.61. The first-order valence-corrected chi connectivity index (χ1v) is 9.09. The Morgan fingerprint density at radius 2 is 2.43 bits per heavy atom. The van der Waals surface area contributed by atoms with Crippen LogP contribution < -0.4 is 5.32 Å². The van der Waals surface area contributed by atoms with Crippen molar-refractivity contribution in [1.82, 2.24) is 20.1 Å². The summed E-state index contributed by atoms with van der Waals surface area (Å²) >= 11 is 1.67. The Morgan fingerprint density at radius 3 is 3.09 bits per heavy atom. The molecule has 1 fully saturated rings. The molecular formula is C16H28N4O2S. The van der Waals surface area contributed by atoms with Gasteiger partial charge in [-0.05, 0) is 20.3 Å². The first kappa shape index (κ1) is 18.2. The van der Waals surface area contributed by atoms with Gasteiger partial charge in [-0.25, -0.2) is 9.78 Å². The van der Waals surface area contributed by atoms with E-state index >= 15 is 0 Å². The van der Waals surface area contributed by atoms with E-state index in [9.17, 15) is 4.79 Å². The van der Waals surface area contributed by atoms with E-state index in [1.54, 1.807) is 16.2 Å². The Morgan fingerprint density at radius 1 is 1.65 bits per heavy atom. The number of hydrogen-bond donors (Lipinski definition) is 1. The van der Waals surface area contributed by atoms with Crippen molar-refractivity contribution in [1.29, 1.82) is 0 Å². The van der Waals surface area contributed by atoms with Gasteiger partial charge in [0.1, 0.15) is 5.01 Å². The lowest BCUT2D eigenvalue weighted by Gasteiger charge is -2.38. The summed E-state index contributed by atoms with van der Waals surface area (Å²) in [5.41, 5.74) is 0. The number of morpholine rings is 1. The number of rotatable bonds is 6. The summed E-state index contributed by atoms with van der Waals surface area (Å²) < 4.78 is 5.46. The van der Waals surface area contributed by atoms with Gasteiger partial charge in [0.2, 0.25) is 0 Å². The number of urea groups is 1. The van der Waals surface area contributed by atoms with Gasteiger partial charge >= 0.3 is 6.03 Å². The van der Waals surface area contributed by atoms with E-state index < -0.39 is 0 Å². The molecule has 2 rings (SSSR count). The monoisotopic (exact) mass is 340 g/mol. The Labute approximate surface area is 142 Å². The van der Waals surface area contributed by atoms with Crippen molar-refractivity contribution in [3.63, 3.8) is 0 Å². The van der Waals surface area contributed by atoms with E-state index in [1.165, 1.54) is 4.88 Å². The number of nitrogens with zero attached hydrogens (tertiary/aromatic N) is 3. The average Bonchev–Trinajstić information content (AvgIpc) is 3.00. The molecule has 0 unspecified atom stereocenters. The Kier molecular flexibility index (Phi) is 6.80. The molecule has 23 heavy (non-hydrogen) atoms. The molecule has 0 spiro atoms. The summed E-state index contributed by atoms with van der Waals surface area (Å²) in [6.45, 7) is 10.1. The zero-order valence-electron chi connectivity index (χ0n) is 14.5.